The number of hydrazone groups is 1. The van der Waals surface area contributed by atoms with Gasteiger partial charge < -0.3 is 24.1 Å². The van der Waals surface area contributed by atoms with Crippen molar-refractivity contribution in [2.24, 2.45) is 5.10 Å². The van der Waals surface area contributed by atoms with E-state index >= 15 is 0 Å². The van der Waals surface area contributed by atoms with Crippen LogP contribution in [0.15, 0.2) is 39.9 Å². The van der Waals surface area contributed by atoms with Crippen LogP contribution < -0.4 is 15.6 Å². The number of ether oxygens (including phenoxy) is 2. The van der Waals surface area contributed by atoms with Crippen LogP contribution in [0.2, 0.25) is 0 Å². The van der Waals surface area contributed by atoms with Gasteiger partial charge in [-0.3, -0.25) is 4.79 Å². The molecule has 10 heteroatoms. The first-order valence-electron chi connectivity index (χ1n) is 11.0. The molecule has 1 atom stereocenters. The Labute approximate surface area is 191 Å². The molecule has 10 nitrogen and oxygen atoms in total. The SMILES string of the molecule is Cc1cccc(/C=N/Nc2nc(N3CCOCC3)c3cc(C(=O)NC4CCOC4)oc3n2)c1. The zero-order chi connectivity index (χ0) is 22.6. The summed E-state index contributed by atoms with van der Waals surface area (Å²) in [5.74, 6) is 0.881. The van der Waals surface area contributed by atoms with Crippen molar-refractivity contribution in [2.75, 3.05) is 49.8 Å². The number of carbonyl (C=O) groups is 1. The minimum atomic E-state index is -0.289. The van der Waals surface area contributed by atoms with Crippen LogP contribution in [0.1, 0.15) is 28.1 Å². The number of rotatable bonds is 6. The summed E-state index contributed by atoms with van der Waals surface area (Å²) in [5.41, 5.74) is 5.33. The van der Waals surface area contributed by atoms with E-state index in [1.165, 1.54) is 0 Å². The van der Waals surface area contributed by atoms with Gasteiger partial charge in [-0.25, -0.2) is 5.43 Å². The van der Waals surface area contributed by atoms with E-state index in [1.54, 1.807) is 12.3 Å². The molecule has 2 saturated heterocycles. The van der Waals surface area contributed by atoms with Crippen LogP contribution in [0.5, 0.6) is 0 Å². The Morgan fingerprint density at radius 2 is 2.06 bits per heavy atom. The predicted molar refractivity (Wildman–Crippen MR) is 124 cm³/mol. The van der Waals surface area contributed by atoms with Gasteiger partial charge >= 0.3 is 0 Å². The summed E-state index contributed by atoms with van der Waals surface area (Å²) in [7, 11) is 0. The quantitative estimate of drug-likeness (QED) is 0.435. The molecule has 3 aromatic rings. The fourth-order valence-electron chi connectivity index (χ4n) is 3.90. The molecule has 2 aliphatic rings. The normalized spacial score (nSPS) is 18.8. The number of furan rings is 1. The lowest BCUT2D eigenvalue weighted by atomic mass is 10.2. The second-order valence-corrected chi connectivity index (χ2v) is 8.12. The van der Waals surface area contributed by atoms with Crippen LogP contribution in [0.4, 0.5) is 11.8 Å². The molecular weight excluding hydrogens is 424 g/mol. The van der Waals surface area contributed by atoms with Crippen LogP contribution in [0.25, 0.3) is 11.1 Å². The molecule has 0 spiro atoms. The number of amides is 1. The van der Waals surface area contributed by atoms with Gasteiger partial charge in [-0.05, 0) is 18.9 Å². The van der Waals surface area contributed by atoms with E-state index in [0.717, 1.165) is 17.5 Å². The van der Waals surface area contributed by atoms with E-state index in [1.807, 2.05) is 31.2 Å². The first-order chi connectivity index (χ1) is 16.2. The smallest absolute Gasteiger partial charge is 0.287 e. The summed E-state index contributed by atoms with van der Waals surface area (Å²) < 4.78 is 16.7. The summed E-state index contributed by atoms with van der Waals surface area (Å²) >= 11 is 0. The fourth-order valence-corrected chi connectivity index (χ4v) is 3.90. The molecular formula is C23H26N6O4. The second-order valence-electron chi connectivity index (χ2n) is 8.12. The lowest BCUT2D eigenvalue weighted by Crippen LogP contribution is -2.37. The molecule has 4 heterocycles. The van der Waals surface area contributed by atoms with Gasteiger partial charge in [0.1, 0.15) is 5.82 Å². The van der Waals surface area contributed by atoms with Crippen molar-refractivity contribution in [1.82, 2.24) is 15.3 Å². The fraction of sp³-hybridized carbons (Fsp3) is 0.391. The third-order valence-electron chi connectivity index (χ3n) is 5.59. The molecule has 172 valence electrons. The number of benzene rings is 1. The number of anilines is 2. The average Bonchev–Trinajstić information content (AvgIpc) is 3.49. The van der Waals surface area contributed by atoms with E-state index in [9.17, 15) is 4.79 Å². The summed E-state index contributed by atoms with van der Waals surface area (Å²) in [6.45, 7) is 5.77. The maximum absolute atomic E-state index is 12.7. The molecule has 1 unspecified atom stereocenters. The van der Waals surface area contributed by atoms with Crippen LogP contribution in [-0.4, -0.2) is 67.6 Å². The van der Waals surface area contributed by atoms with Crippen molar-refractivity contribution >= 4 is 35.0 Å². The van der Waals surface area contributed by atoms with Gasteiger partial charge in [-0.15, -0.1) is 0 Å². The zero-order valence-corrected chi connectivity index (χ0v) is 18.4. The standard InChI is InChI=1S/C23H26N6O4/c1-15-3-2-4-16(11-15)13-24-28-23-26-20(29-6-9-31-10-7-29)18-12-19(33-22(18)27-23)21(30)25-17-5-8-32-14-17/h2-4,11-13,17H,5-10,14H2,1H3,(H,25,30)(H,26,27,28)/b24-13+. The number of hydrogen-bond donors (Lipinski definition) is 2. The van der Waals surface area contributed by atoms with E-state index < -0.39 is 0 Å². The van der Waals surface area contributed by atoms with Gasteiger partial charge in [-0.1, -0.05) is 29.8 Å². The van der Waals surface area contributed by atoms with E-state index in [2.05, 4.69) is 30.7 Å². The van der Waals surface area contributed by atoms with Gasteiger partial charge in [0.2, 0.25) is 11.7 Å². The van der Waals surface area contributed by atoms with Gasteiger partial charge in [0.15, 0.2) is 5.76 Å². The summed E-state index contributed by atoms with van der Waals surface area (Å²) in [6, 6.07) is 9.69. The molecule has 0 aliphatic carbocycles. The summed E-state index contributed by atoms with van der Waals surface area (Å²) in [4.78, 5) is 23.9. The number of morpholine rings is 1. The number of nitrogens with one attached hydrogen (secondary N) is 2. The van der Waals surface area contributed by atoms with E-state index in [-0.39, 0.29) is 17.7 Å². The molecule has 2 aliphatic heterocycles. The summed E-state index contributed by atoms with van der Waals surface area (Å²) in [6.07, 6.45) is 2.50. The van der Waals surface area contributed by atoms with Crippen molar-refractivity contribution in [3.8, 4) is 0 Å². The third kappa shape index (κ3) is 4.96. The highest BCUT2D eigenvalue weighted by atomic mass is 16.5. The van der Waals surface area contributed by atoms with Crippen LogP contribution in [0, 0.1) is 6.92 Å². The average molecular weight is 450 g/mol. The molecule has 2 N–H and O–H groups in total. The molecule has 2 aromatic heterocycles. The Bertz CT molecular complexity index is 1160. The number of nitrogens with zero attached hydrogens (tertiary/aromatic N) is 4. The maximum atomic E-state index is 12.7. The molecule has 0 bridgehead atoms. The lowest BCUT2D eigenvalue weighted by Gasteiger charge is -2.28. The zero-order valence-electron chi connectivity index (χ0n) is 18.4. The van der Waals surface area contributed by atoms with Gasteiger partial charge in [0.05, 0.1) is 37.5 Å². The van der Waals surface area contributed by atoms with Crippen molar-refractivity contribution in [3.63, 3.8) is 0 Å². The van der Waals surface area contributed by atoms with Gasteiger partial charge in [0, 0.05) is 25.8 Å². The molecule has 0 radical (unpaired) electrons. The largest absolute Gasteiger partial charge is 0.432 e. The Balaban J connectivity index is 1.43. The highest BCUT2D eigenvalue weighted by molar-refractivity contribution is 5.98. The number of hydrogen-bond acceptors (Lipinski definition) is 9. The lowest BCUT2D eigenvalue weighted by molar-refractivity contribution is 0.0904. The van der Waals surface area contributed by atoms with Crippen molar-refractivity contribution in [3.05, 3.63) is 47.2 Å². The Morgan fingerprint density at radius 3 is 2.85 bits per heavy atom. The van der Waals surface area contributed by atoms with Gasteiger partial charge in [-0.2, -0.15) is 15.1 Å². The third-order valence-corrected chi connectivity index (χ3v) is 5.59. The first-order valence-corrected chi connectivity index (χ1v) is 11.0. The molecule has 1 amide bonds. The minimum Gasteiger partial charge on any atom is -0.432 e. The van der Waals surface area contributed by atoms with E-state index in [0.29, 0.717) is 62.4 Å². The van der Waals surface area contributed by atoms with E-state index in [4.69, 9.17) is 13.9 Å². The Morgan fingerprint density at radius 1 is 1.18 bits per heavy atom. The Kier molecular flexibility index (Phi) is 6.18. The number of aryl methyl sites for hydroxylation is 1. The van der Waals surface area contributed by atoms with Crippen molar-refractivity contribution < 1.29 is 18.7 Å². The highest BCUT2D eigenvalue weighted by Gasteiger charge is 2.24. The topological polar surface area (TPSA) is 114 Å². The molecule has 33 heavy (non-hydrogen) atoms. The van der Waals surface area contributed by atoms with Crippen molar-refractivity contribution in [1.29, 1.82) is 0 Å². The van der Waals surface area contributed by atoms with Gasteiger partial charge in [0.25, 0.3) is 5.91 Å². The second kappa shape index (κ2) is 9.55. The number of aromatic nitrogens is 2. The maximum Gasteiger partial charge on any atom is 0.287 e. The van der Waals surface area contributed by atoms with Crippen LogP contribution in [0.3, 0.4) is 0 Å². The van der Waals surface area contributed by atoms with Crippen LogP contribution in [-0.2, 0) is 9.47 Å². The molecule has 1 aromatic carbocycles. The van der Waals surface area contributed by atoms with Crippen LogP contribution >= 0.6 is 0 Å². The molecule has 0 saturated carbocycles. The summed E-state index contributed by atoms with van der Waals surface area (Å²) in [5, 5.41) is 7.91. The first kappa shape index (κ1) is 21.4. The Hall–Kier alpha value is -3.50. The predicted octanol–water partition coefficient (Wildman–Crippen LogP) is 2.33. The number of carbonyl (C=O) groups excluding carboxylic acids is 1. The monoisotopic (exact) mass is 450 g/mol. The minimum absolute atomic E-state index is 0.0105. The molecule has 5 rings (SSSR count). The number of fused-ring (bicyclic) bond motifs is 1. The molecule has 2 fully saturated rings. The highest BCUT2D eigenvalue weighted by Crippen LogP contribution is 2.29. The van der Waals surface area contributed by atoms with Crippen molar-refractivity contribution in [2.45, 2.75) is 19.4 Å².